The molecule has 1 aromatic rings. The van der Waals surface area contributed by atoms with Crippen molar-refractivity contribution in [1.82, 2.24) is 0 Å². The third-order valence-corrected chi connectivity index (χ3v) is 2.30. The zero-order chi connectivity index (χ0) is 10.1. The maximum absolute atomic E-state index is 11.4. The minimum absolute atomic E-state index is 0.261. The molecule has 2 N–H and O–H groups in total. The van der Waals surface area contributed by atoms with E-state index >= 15 is 0 Å². The Kier molecular flexibility index (Phi) is 2.13. The summed E-state index contributed by atoms with van der Waals surface area (Å²) in [5, 5.41) is 0. The molecule has 1 amide bonds. The molecule has 1 heterocycles. The molecule has 2 rings (SSSR count). The van der Waals surface area contributed by atoms with E-state index in [2.05, 4.69) is 0 Å². The molecule has 2 atom stereocenters. The van der Waals surface area contributed by atoms with Crippen LogP contribution in [-0.4, -0.2) is 18.4 Å². The number of ether oxygens (including phenoxy) is 1. The topological polar surface area (TPSA) is 55.6 Å². The summed E-state index contributed by atoms with van der Waals surface area (Å²) in [7, 11) is 0. The van der Waals surface area contributed by atoms with E-state index in [1.165, 1.54) is 4.90 Å². The molecule has 4 nitrogen and oxygen atoms in total. The number of amides is 1. The quantitative estimate of drug-likeness (QED) is 0.730. The van der Waals surface area contributed by atoms with Crippen LogP contribution >= 0.6 is 0 Å². The first-order chi connectivity index (χ1) is 6.70. The Morgan fingerprint density at radius 3 is 2.50 bits per heavy atom. The van der Waals surface area contributed by atoms with Crippen molar-refractivity contribution in [2.24, 2.45) is 5.73 Å². The van der Waals surface area contributed by atoms with Crippen LogP contribution in [0.2, 0.25) is 0 Å². The number of carbonyl (C=O) groups is 1. The SMILES string of the molecule is CC1OC(=O)N(c2ccccc2)C1N. The minimum Gasteiger partial charge on any atom is -0.442 e. The second kappa shape index (κ2) is 3.31. The van der Waals surface area contributed by atoms with Crippen LogP contribution in [-0.2, 0) is 4.74 Å². The van der Waals surface area contributed by atoms with E-state index in [9.17, 15) is 4.79 Å². The third-order valence-electron chi connectivity index (χ3n) is 2.30. The summed E-state index contributed by atoms with van der Waals surface area (Å²) in [5.74, 6) is 0. The van der Waals surface area contributed by atoms with Crippen LogP contribution in [0.4, 0.5) is 10.5 Å². The van der Waals surface area contributed by atoms with E-state index in [4.69, 9.17) is 10.5 Å². The van der Waals surface area contributed by atoms with Crippen molar-refractivity contribution in [3.63, 3.8) is 0 Å². The number of hydrogen-bond acceptors (Lipinski definition) is 3. The first-order valence-electron chi connectivity index (χ1n) is 4.50. The van der Waals surface area contributed by atoms with E-state index in [1.807, 2.05) is 30.3 Å². The first kappa shape index (κ1) is 9.02. The lowest BCUT2D eigenvalue weighted by Gasteiger charge is -2.18. The van der Waals surface area contributed by atoms with Gasteiger partial charge in [-0.3, -0.25) is 4.90 Å². The fourth-order valence-corrected chi connectivity index (χ4v) is 1.48. The number of nitrogens with zero attached hydrogens (tertiary/aromatic N) is 1. The molecule has 4 heteroatoms. The van der Waals surface area contributed by atoms with Crippen LogP contribution in [0, 0.1) is 0 Å². The molecule has 1 aliphatic heterocycles. The van der Waals surface area contributed by atoms with Gasteiger partial charge in [-0.05, 0) is 19.1 Å². The Morgan fingerprint density at radius 2 is 2.00 bits per heavy atom. The van der Waals surface area contributed by atoms with Gasteiger partial charge in [-0.2, -0.15) is 0 Å². The van der Waals surface area contributed by atoms with E-state index < -0.39 is 6.17 Å². The number of benzene rings is 1. The van der Waals surface area contributed by atoms with Crippen LogP contribution in [0.25, 0.3) is 0 Å². The van der Waals surface area contributed by atoms with Crippen LogP contribution in [0.15, 0.2) is 30.3 Å². The molecule has 0 aliphatic carbocycles. The monoisotopic (exact) mass is 192 g/mol. The van der Waals surface area contributed by atoms with Crippen molar-refractivity contribution in [2.75, 3.05) is 4.90 Å². The molecule has 2 unspecified atom stereocenters. The molecular weight excluding hydrogens is 180 g/mol. The lowest BCUT2D eigenvalue weighted by molar-refractivity contribution is 0.142. The van der Waals surface area contributed by atoms with Gasteiger partial charge < -0.3 is 10.5 Å². The van der Waals surface area contributed by atoms with E-state index in [0.717, 1.165) is 5.69 Å². The predicted octanol–water partition coefficient (Wildman–Crippen LogP) is 1.32. The second-order valence-electron chi connectivity index (χ2n) is 3.29. The summed E-state index contributed by atoms with van der Waals surface area (Å²) in [6.45, 7) is 1.78. The highest BCUT2D eigenvalue weighted by Gasteiger charge is 2.37. The molecule has 0 radical (unpaired) electrons. The number of rotatable bonds is 1. The van der Waals surface area contributed by atoms with Crippen molar-refractivity contribution in [3.05, 3.63) is 30.3 Å². The summed E-state index contributed by atoms with van der Waals surface area (Å²) in [6, 6.07) is 9.27. The zero-order valence-electron chi connectivity index (χ0n) is 7.88. The average molecular weight is 192 g/mol. The van der Waals surface area contributed by atoms with Gasteiger partial charge in [0.1, 0.15) is 12.3 Å². The number of nitrogens with two attached hydrogens (primary N) is 1. The van der Waals surface area contributed by atoms with Gasteiger partial charge in [-0.25, -0.2) is 4.79 Å². The van der Waals surface area contributed by atoms with Gasteiger partial charge in [0, 0.05) is 5.69 Å². The van der Waals surface area contributed by atoms with Crippen LogP contribution in [0.5, 0.6) is 0 Å². The molecule has 74 valence electrons. The van der Waals surface area contributed by atoms with Crippen molar-refractivity contribution >= 4 is 11.8 Å². The van der Waals surface area contributed by atoms with Gasteiger partial charge in [0.25, 0.3) is 0 Å². The van der Waals surface area contributed by atoms with Gasteiger partial charge >= 0.3 is 6.09 Å². The summed E-state index contributed by atoms with van der Waals surface area (Å²) in [6.07, 6.45) is -1.04. The van der Waals surface area contributed by atoms with Crippen LogP contribution in [0.1, 0.15) is 6.92 Å². The Balaban J connectivity index is 2.31. The summed E-state index contributed by atoms with van der Waals surface area (Å²) >= 11 is 0. The average Bonchev–Trinajstić information content (AvgIpc) is 2.43. The number of para-hydroxylation sites is 1. The maximum Gasteiger partial charge on any atom is 0.416 e. The lowest BCUT2D eigenvalue weighted by Crippen LogP contribution is -2.43. The summed E-state index contributed by atoms with van der Waals surface area (Å²) < 4.78 is 5.00. The Morgan fingerprint density at radius 1 is 1.36 bits per heavy atom. The molecule has 0 saturated carbocycles. The normalized spacial score (nSPS) is 26.4. The zero-order valence-corrected chi connectivity index (χ0v) is 7.88. The Hall–Kier alpha value is -1.55. The third kappa shape index (κ3) is 1.33. The number of carbonyl (C=O) groups excluding carboxylic acids is 1. The van der Waals surface area contributed by atoms with Crippen molar-refractivity contribution in [2.45, 2.75) is 19.2 Å². The van der Waals surface area contributed by atoms with Crippen molar-refractivity contribution in [1.29, 1.82) is 0 Å². The van der Waals surface area contributed by atoms with E-state index in [-0.39, 0.29) is 12.2 Å². The van der Waals surface area contributed by atoms with Gasteiger partial charge in [-0.1, -0.05) is 18.2 Å². The molecule has 14 heavy (non-hydrogen) atoms. The largest absolute Gasteiger partial charge is 0.442 e. The Bertz CT molecular complexity index is 339. The van der Waals surface area contributed by atoms with Crippen molar-refractivity contribution < 1.29 is 9.53 Å². The lowest BCUT2D eigenvalue weighted by atomic mass is 10.2. The molecule has 0 aromatic heterocycles. The molecular formula is C10H12N2O2. The second-order valence-corrected chi connectivity index (χ2v) is 3.29. The smallest absolute Gasteiger partial charge is 0.416 e. The highest BCUT2D eigenvalue weighted by molar-refractivity contribution is 5.90. The molecule has 0 spiro atoms. The number of hydrogen-bond donors (Lipinski definition) is 1. The highest BCUT2D eigenvalue weighted by atomic mass is 16.6. The van der Waals surface area contributed by atoms with E-state index in [0.29, 0.717) is 0 Å². The maximum atomic E-state index is 11.4. The molecule has 0 bridgehead atoms. The number of cyclic esters (lactones) is 1. The molecule has 1 aliphatic rings. The first-order valence-corrected chi connectivity index (χ1v) is 4.50. The number of anilines is 1. The van der Waals surface area contributed by atoms with E-state index in [1.54, 1.807) is 6.92 Å². The molecule has 1 aromatic carbocycles. The molecule has 1 fully saturated rings. The van der Waals surface area contributed by atoms with Gasteiger partial charge in [0.15, 0.2) is 0 Å². The van der Waals surface area contributed by atoms with Crippen molar-refractivity contribution in [3.8, 4) is 0 Å². The molecule has 1 saturated heterocycles. The van der Waals surface area contributed by atoms with Crippen LogP contribution in [0.3, 0.4) is 0 Å². The minimum atomic E-state index is -0.398. The Labute approximate surface area is 82.3 Å². The van der Waals surface area contributed by atoms with Gasteiger partial charge in [0.2, 0.25) is 0 Å². The highest BCUT2D eigenvalue weighted by Crippen LogP contribution is 2.23. The fraction of sp³-hybridized carbons (Fsp3) is 0.300. The van der Waals surface area contributed by atoms with Gasteiger partial charge in [0.05, 0.1) is 0 Å². The summed E-state index contributed by atoms with van der Waals surface area (Å²) in [4.78, 5) is 12.9. The van der Waals surface area contributed by atoms with Crippen LogP contribution < -0.4 is 10.6 Å². The standard InChI is InChI=1S/C10H12N2O2/c1-7-9(11)12(10(13)14-7)8-5-3-2-4-6-8/h2-7,9H,11H2,1H3. The summed E-state index contributed by atoms with van der Waals surface area (Å²) in [5.41, 5.74) is 6.60. The predicted molar refractivity (Wildman–Crippen MR) is 52.8 cm³/mol. The fourth-order valence-electron chi connectivity index (χ4n) is 1.48. The van der Waals surface area contributed by atoms with Gasteiger partial charge in [-0.15, -0.1) is 0 Å².